The van der Waals surface area contributed by atoms with E-state index in [-0.39, 0.29) is 18.6 Å². The van der Waals surface area contributed by atoms with Crippen LogP contribution >= 0.6 is 23.4 Å². The Bertz CT molecular complexity index is 241. The summed E-state index contributed by atoms with van der Waals surface area (Å²) in [4.78, 5) is 22.1. The topological polar surface area (TPSA) is 86.0 Å². The van der Waals surface area contributed by atoms with Crippen LogP contribution in [-0.4, -0.2) is 49.0 Å². The van der Waals surface area contributed by atoms with Crippen LogP contribution in [0.1, 0.15) is 6.42 Å². The van der Waals surface area contributed by atoms with Crippen molar-refractivity contribution in [1.82, 2.24) is 0 Å². The third-order valence-corrected chi connectivity index (χ3v) is 3.11. The fourth-order valence-corrected chi connectivity index (χ4v) is 1.72. The summed E-state index contributed by atoms with van der Waals surface area (Å²) in [5.74, 6) is -0.0337. The highest BCUT2D eigenvalue weighted by molar-refractivity contribution is 7.98. The molecule has 1 amide bonds. The molecule has 4 N–H and O–H groups in total. The number of methoxy groups -OCH3 is 1. The van der Waals surface area contributed by atoms with Crippen molar-refractivity contribution < 1.29 is 19.6 Å². The van der Waals surface area contributed by atoms with E-state index < -0.39 is 11.3 Å². The zero-order chi connectivity index (χ0) is 12.6. The second kappa shape index (κ2) is 8.66. The van der Waals surface area contributed by atoms with Crippen molar-refractivity contribution >= 4 is 35.2 Å². The number of carbonyl (C=O) groups excluding carboxylic acids is 2. The number of rotatable bonds is 8. The second-order valence-electron chi connectivity index (χ2n) is 3.25. The van der Waals surface area contributed by atoms with Crippen molar-refractivity contribution in [3.05, 3.63) is 0 Å². The number of halogens is 1. The van der Waals surface area contributed by atoms with Gasteiger partial charge in [0.15, 0.2) is 11.4 Å². The molecule has 2 atom stereocenters. The number of esters is 1. The summed E-state index contributed by atoms with van der Waals surface area (Å²) >= 11 is 7.32. The highest BCUT2D eigenvalue weighted by atomic mass is 35.5. The summed E-state index contributed by atoms with van der Waals surface area (Å²) in [5, 5.41) is 0.936. The number of quaternary nitrogens is 1. The highest BCUT2D eigenvalue weighted by Crippen LogP contribution is 1.99. The van der Waals surface area contributed by atoms with Gasteiger partial charge in [-0.1, -0.05) is 0 Å². The molecule has 2 unspecified atom stereocenters. The number of primary amides is 1. The van der Waals surface area contributed by atoms with Gasteiger partial charge in [-0.25, -0.2) is 4.79 Å². The molecule has 94 valence electrons. The summed E-state index contributed by atoms with van der Waals surface area (Å²) in [6.45, 7) is 0.283. The zero-order valence-corrected chi connectivity index (χ0v) is 11.0. The van der Waals surface area contributed by atoms with E-state index in [0.717, 1.165) is 5.75 Å². The van der Waals surface area contributed by atoms with E-state index in [2.05, 4.69) is 4.74 Å². The summed E-state index contributed by atoms with van der Waals surface area (Å²) in [7, 11) is 1.34. The fourth-order valence-electron chi connectivity index (χ4n) is 1.13. The first kappa shape index (κ1) is 15.5. The molecule has 0 fully saturated rings. The van der Waals surface area contributed by atoms with E-state index in [1.165, 1.54) is 7.11 Å². The van der Waals surface area contributed by atoms with Gasteiger partial charge < -0.3 is 15.8 Å². The molecule has 5 nitrogen and oxygen atoms in total. The number of nitrogens with two attached hydrogens (primary N) is 2. The maximum absolute atomic E-state index is 11.4. The van der Waals surface area contributed by atoms with Gasteiger partial charge in [0, 0.05) is 6.42 Å². The van der Waals surface area contributed by atoms with E-state index in [1.807, 2.05) is 6.26 Å². The SMILES string of the molecule is COC(=O)C(CCSC)[NH2+]CC(Cl)C(N)=O. The molecule has 0 saturated heterocycles. The molecule has 0 radical (unpaired) electrons. The molecular formula is C9H18ClN2O3S+. The first-order chi connectivity index (χ1) is 7.52. The third kappa shape index (κ3) is 6.19. The zero-order valence-electron chi connectivity index (χ0n) is 9.44. The molecule has 0 heterocycles. The van der Waals surface area contributed by atoms with Crippen LogP contribution in [0.4, 0.5) is 0 Å². The Morgan fingerprint density at radius 3 is 2.62 bits per heavy atom. The molecule has 0 aromatic heterocycles. The minimum Gasteiger partial charge on any atom is -0.465 e. The van der Waals surface area contributed by atoms with Crippen molar-refractivity contribution in [2.75, 3.05) is 25.7 Å². The van der Waals surface area contributed by atoms with Crippen molar-refractivity contribution in [2.24, 2.45) is 5.73 Å². The summed E-state index contributed by atoms with van der Waals surface area (Å²) in [6.07, 6.45) is 2.64. The monoisotopic (exact) mass is 269 g/mol. The Morgan fingerprint density at radius 1 is 1.56 bits per heavy atom. The largest absolute Gasteiger partial charge is 0.465 e. The van der Waals surface area contributed by atoms with Crippen molar-refractivity contribution in [2.45, 2.75) is 17.8 Å². The summed E-state index contributed by atoms with van der Waals surface area (Å²) in [6, 6.07) is -0.321. The lowest BCUT2D eigenvalue weighted by molar-refractivity contribution is -0.676. The van der Waals surface area contributed by atoms with Gasteiger partial charge in [-0.15, -0.1) is 11.6 Å². The molecule has 16 heavy (non-hydrogen) atoms. The molecule has 0 rings (SSSR count). The van der Waals surface area contributed by atoms with Crippen LogP contribution < -0.4 is 11.1 Å². The van der Waals surface area contributed by atoms with Gasteiger partial charge in [-0.3, -0.25) is 4.79 Å². The van der Waals surface area contributed by atoms with Crippen LogP contribution in [0, 0.1) is 0 Å². The van der Waals surface area contributed by atoms with Gasteiger partial charge >= 0.3 is 5.97 Å². The number of hydrogen-bond acceptors (Lipinski definition) is 4. The van der Waals surface area contributed by atoms with Crippen LogP contribution in [-0.2, 0) is 14.3 Å². The van der Waals surface area contributed by atoms with Gasteiger partial charge in [-0.2, -0.15) is 11.8 Å². The minimum absolute atomic E-state index is 0.283. The fraction of sp³-hybridized carbons (Fsp3) is 0.778. The van der Waals surface area contributed by atoms with Crippen LogP contribution in [0.2, 0.25) is 0 Å². The van der Waals surface area contributed by atoms with E-state index in [9.17, 15) is 9.59 Å². The van der Waals surface area contributed by atoms with Gasteiger partial charge in [-0.05, 0) is 12.0 Å². The minimum atomic E-state index is -0.763. The molecule has 0 bridgehead atoms. The van der Waals surface area contributed by atoms with Crippen molar-refractivity contribution in [3.63, 3.8) is 0 Å². The van der Waals surface area contributed by atoms with E-state index in [4.69, 9.17) is 17.3 Å². The summed E-state index contributed by atoms with van der Waals surface area (Å²) in [5.41, 5.74) is 5.02. The third-order valence-electron chi connectivity index (χ3n) is 2.07. The lowest BCUT2D eigenvalue weighted by atomic mass is 10.2. The molecule has 0 aliphatic heterocycles. The van der Waals surface area contributed by atoms with Gasteiger partial charge in [0.2, 0.25) is 5.91 Å². The maximum atomic E-state index is 11.4. The van der Waals surface area contributed by atoms with Crippen LogP contribution in [0.15, 0.2) is 0 Å². The number of ether oxygens (including phenoxy) is 1. The predicted molar refractivity (Wildman–Crippen MR) is 64.4 cm³/mol. The number of amides is 1. The second-order valence-corrected chi connectivity index (χ2v) is 4.76. The lowest BCUT2D eigenvalue weighted by Gasteiger charge is -2.13. The van der Waals surface area contributed by atoms with Crippen molar-refractivity contribution in [3.8, 4) is 0 Å². The standard InChI is InChI=1S/C9H17ClN2O3S/c1-15-9(14)7(3-4-16-2)12-5-6(10)8(11)13/h6-7,12H,3-5H2,1-2H3,(H2,11,13)/p+1. The molecule has 0 saturated carbocycles. The molecule has 0 aromatic carbocycles. The number of carbonyl (C=O) groups is 2. The average Bonchev–Trinajstić information content (AvgIpc) is 2.27. The Balaban J connectivity index is 4.10. The van der Waals surface area contributed by atoms with Crippen LogP contribution in [0.5, 0.6) is 0 Å². The maximum Gasteiger partial charge on any atom is 0.364 e. The highest BCUT2D eigenvalue weighted by Gasteiger charge is 2.24. The number of alkyl halides is 1. The summed E-state index contributed by atoms with van der Waals surface area (Å²) < 4.78 is 4.66. The first-order valence-corrected chi connectivity index (χ1v) is 6.69. The van der Waals surface area contributed by atoms with Gasteiger partial charge in [0.1, 0.15) is 6.54 Å². The molecule has 0 spiro atoms. The number of thioether (sulfide) groups is 1. The quantitative estimate of drug-likeness (QED) is 0.434. The average molecular weight is 270 g/mol. The van der Waals surface area contributed by atoms with Gasteiger partial charge in [0.05, 0.1) is 7.11 Å². The Labute approximate surface area is 104 Å². The van der Waals surface area contributed by atoms with Crippen LogP contribution in [0.3, 0.4) is 0 Å². The van der Waals surface area contributed by atoms with Crippen molar-refractivity contribution in [1.29, 1.82) is 0 Å². The molecule has 0 aromatic rings. The van der Waals surface area contributed by atoms with Gasteiger partial charge in [0.25, 0.3) is 0 Å². The lowest BCUT2D eigenvalue weighted by Crippen LogP contribution is -2.93. The molecule has 7 heteroatoms. The first-order valence-electron chi connectivity index (χ1n) is 4.86. The van der Waals surface area contributed by atoms with E-state index in [1.54, 1.807) is 17.1 Å². The van der Waals surface area contributed by atoms with Crippen LogP contribution in [0.25, 0.3) is 0 Å². The molecule has 0 aliphatic rings. The smallest absolute Gasteiger partial charge is 0.364 e. The molecular weight excluding hydrogens is 252 g/mol. The Morgan fingerprint density at radius 2 is 2.19 bits per heavy atom. The van der Waals surface area contributed by atoms with E-state index >= 15 is 0 Å². The molecule has 0 aliphatic carbocycles. The Hall–Kier alpha value is -0.460. The number of hydrogen-bond donors (Lipinski definition) is 2. The normalized spacial score (nSPS) is 14.2. The van der Waals surface area contributed by atoms with E-state index in [0.29, 0.717) is 6.42 Å². The predicted octanol–water partition coefficient (Wildman–Crippen LogP) is -1.06. The Kier molecular flexibility index (Phi) is 8.42.